The zero-order valence-corrected chi connectivity index (χ0v) is 22.4. The molecular formula is C30H28N4O4S. The predicted molar refractivity (Wildman–Crippen MR) is 153 cm³/mol. The maximum absolute atomic E-state index is 13.4. The lowest BCUT2D eigenvalue weighted by Crippen LogP contribution is -2.39. The molecule has 0 heterocycles. The molecule has 198 valence electrons. The summed E-state index contributed by atoms with van der Waals surface area (Å²) in [5.41, 5.74) is 6.19. The lowest BCUT2D eigenvalue weighted by atomic mass is 10.1. The van der Waals surface area contributed by atoms with E-state index in [0.717, 1.165) is 15.4 Å². The number of rotatable bonds is 9. The van der Waals surface area contributed by atoms with Crippen LogP contribution in [0.1, 0.15) is 28.4 Å². The monoisotopic (exact) mass is 540 g/mol. The summed E-state index contributed by atoms with van der Waals surface area (Å²) in [4.78, 5) is 25.3. The van der Waals surface area contributed by atoms with Gasteiger partial charge in [-0.05, 0) is 67.9 Å². The lowest BCUT2D eigenvalue weighted by Gasteiger charge is -2.23. The van der Waals surface area contributed by atoms with E-state index in [2.05, 4.69) is 15.8 Å². The summed E-state index contributed by atoms with van der Waals surface area (Å²) in [5, 5.41) is 6.99. The molecule has 9 heteroatoms. The van der Waals surface area contributed by atoms with Crippen molar-refractivity contribution in [3.8, 4) is 0 Å². The first-order chi connectivity index (χ1) is 18.7. The van der Waals surface area contributed by atoms with Gasteiger partial charge in [0.1, 0.15) is 6.54 Å². The van der Waals surface area contributed by atoms with E-state index in [4.69, 9.17) is 0 Å². The number of sulfonamides is 1. The average molecular weight is 541 g/mol. The highest BCUT2D eigenvalue weighted by Gasteiger charge is 2.27. The summed E-state index contributed by atoms with van der Waals surface area (Å²) in [5.74, 6) is -0.814. The van der Waals surface area contributed by atoms with Crippen LogP contribution >= 0.6 is 0 Å². The number of hydrazone groups is 1. The second kappa shape index (κ2) is 12.2. The van der Waals surface area contributed by atoms with Gasteiger partial charge in [0.15, 0.2) is 0 Å². The Morgan fingerprint density at radius 3 is 1.97 bits per heavy atom. The maximum Gasteiger partial charge on any atom is 0.264 e. The molecule has 8 nitrogen and oxygen atoms in total. The molecule has 0 atom stereocenters. The van der Waals surface area contributed by atoms with Gasteiger partial charge in [-0.3, -0.25) is 13.9 Å². The van der Waals surface area contributed by atoms with Crippen LogP contribution in [0.25, 0.3) is 0 Å². The van der Waals surface area contributed by atoms with Crippen molar-refractivity contribution in [2.24, 2.45) is 5.10 Å². The van der Waals surface area contributed by atoms with Crippen molar-refractivity contribution in [3.63, 3.8) is 0 Å². The van der Waals surface area contributed by atoms with Crippen molar-refractivity contribution in [2.45, 2.75) is 18.7 Å². The van der Waals surface area contributed by atoms with Crippen molar-refractivity contribution in [1.82, 2.24) is 5.43 Å². The Morgan fingerprint density at radius 1 is 0.769 bits per heavy atom. The van der Waals surface area contributed by atoms with Crippen molar-refractivity contribution in [1.29, 1.82) is 0 Å². The molecule has 4 aromatic carbocycles. The van der Waals surface area contributed by atoms with E-state index in [1.807, 2.05) is 13.0 Å². The summed E-state index contributed by atoms with van der Waals surface area (Å²) >= 11 is 0. The Bertz CT molecular complexity index is 1570. The van der Waals surface area contributed by atoms with Gasteiger partial charge in [-0.25, -0.2) is 13.8 Å². The van der Waals surface area contributed by atoms with Crippen LogP contribution in [0.5, 0.6) is 0 Å². The van der Waals surface area contributed by atoms with Crippen LogP contribution in [0, 0.1) is 6.92 Å². The van der Waals surface area contributed by atoms with Crippen molar-refractivity contribution in [2.75, 3.05) is 16.2 Å². The highest BCUT2D eigenvalue weighted by atomic mass is 32.2. The van der Waals surface area contributed by atoms with Crippen LogP contribution in [0.2, 0.25) is 0 Å². The predicted octanol–water partition coefficient (Wildman–Crippen LogP) is 4.98. The van der Waals surface area contributed by atoms with Crippen LogP contribution in [0.15, 0.2) is 119 Å². The number of aryl methyl sites for hydroxylation is 1. The molecule has 0 aromatic heterocycles. The number of anilines is 2. The first-order valence-electron chi connectivity index (χ1n) is 12.2. The van der Waals surface area contributed by atoms with Gasteiger partial charge < -0.3 is 5.32 Å². The van der Waals surface area contributed by atoms with Crippen LogP contribution in [-0.2, 0) is 14.8 Å². The molecule has 0 saturated heterocycles. The SMILES string of the molecule is C/C(=N/NC(=O)CN(c1ccc(C)cc1)S(=O)(=O)c1ccccc1)c1ccc(NC(=O)c2ccccc2)cc1. The van der Waals surface area contributed by atoms with Crippen molar-refractivity contribution < 1.29 is 18.0 Å². The number of amides is 2. The van der Waals surface area contributed by atoms with Gasteiger partial charge in [-0.1, -0.05) is 66.2 Å². The van der Waals surface area contributed by atoms with Gasteiger partial charge in [0, 0.05) is 11.3 Å². The first-order valence-corrected chi connectivity index (χ1v) is 13.6. The molecule has 4 rings (SSSR count). The Kier molecular flexibility index (Phi) is 8.53. The van der Waals surface area contributed by atoms with Gasteiger partial charge in [-0.2, -0.15) is 5.10 Å². The van der Waals surface area contributed by atoms with Crippen LogP contribution in [0.4, 0.5) is 11.4 Å². The lowest BCUT2D eigenvalue weighted by molar-refractivity contribution is -0.119. The molecular weight excluding hydrogens is 512 g/mol. The number of nitrogens with one attached hydrogen (secondary N) is 2. The fourth-order valence-electron chi connectivity index (χ4n) is 3.71. The van der Waals surface area contributed by atoms with Crippen LogP contribution < -0.4 is 15.0 Å². The Labute approximate surface area is 228 Å². The van der Waals surface area contributed by atoms with Gasteiger partial charge in [0.05, 0.1) is 16.3 Å². The molecule has 0 aliphatic heterocycles. The zero-order chi connectivity index (χ0) is 27.8. The van der Waals surface area contributed by atoms with Crippen LogP contribution in [-0.4, -0.2) is 32.5 Å². The number of hydrogen-bond acceptors (Lipinski definition) is 5. The molecule has 0 bridgehead atoms. The minimum absolute atomic E-state index is 0.0810. The Hall–Kier alpha value is -4.76. The average Bonchev–Trinajstić information content (AvgIpc) is 2.96. The third-order valence-electron chi connectivity index (χ3n) is 5.89. The Morgan fingerprint density at radius 2 is 1.36 bits per heavy atom. The van der Waals surface area contributed by atoms with Crippen molar-refractivity contribution in [3.05, 3.63) is 126 Å². The molecule has 0 radical (unpaired) electrons. The number of carbonyl (C=O) groups excluding carboxylic acids is 2. The molecule has 4 aromatic rings. The number of benzene rings is 4. The fourth-order valence-corrected chi connectivity index (χ4v) is 5.15. The highest BCUT2D eigenvalue weighted by molar-refractivity contribution is 7.92. The van der Waals surface area contributed by atoms with Gasteiger partial charge in [0.2, 0.25) is 0 Å². The highest BCUT2D eigenvalue weighted by Crippen LogP contribution is 2.24. The quantitative estimate of drug-likeness (QED) is 0.231. The topological polar surface area (TPSA) is 108 Å². The summed E-state index contributed by atoms with van der Waals surface area (Å²) in [7, 11) is -4.00. The van der Waals surface area contributed by atoms with E-state index in [9.17, 15) is 18.0 Å². The van der Waals surface area contributed by atoms with Crippen molar-refractivity contribution >= 4 is 38.9 Å². The van der Waals surface area contributed by atoms with E-state index in [-0.39, 0.29) is 10.8 Å². The standard InChI is InChI=1S/C30H28N4O4S/c1-22-13-19-27(20-14-22)34(39(37,38)28-11-7-4-8-12-28)21-29(35)33-32-23(2)24-15-17-26(18-16-24)31-30(36)25-9-5-3-6-10-25/h3-20H,21H2,1-2H3,(H,31,36)(H,33,35)/b32-23-. The van der Waals surface area contributed by atoms with E-state index in [1.165, 1.54) is 12.1 Å². The molecule has 0 saturated carbocycles. The summed E-state index contributed by atoms with van der Waals surface area (Å²) in [6.07, 6.45) is 0. The molecule has 0 aliphatic carbocycles. The van der Waals surface area contributed by atoms with Gasteiger partial charge >= 0.3 is 0 Å². The smallest absolute Gasteiger partial charge is 0.264 e. The minimum Gasteiger partial charge on any atom is -0.322 e. The minimum atomic E-state index is -4.00. The second-order valence-corrected chi connectivity index (χ2v) is 10.7. The molecule has 0 aliphatic rings. The normalized spacial score (nSPS) is 11.5. The largest absolute Gasteiger partial charge is 0.322 e. The molecule has 0 spiro atoms. The van der Waals surface area contributed by atoms with E-state index < -0.39 is 22.5 Å². The number of carbonyl (C=O) groups is 2. The maximum atomic E-state index is 13.4. The molecule has 0 unspecified atom stereocenters. The van der Waals surface area contributed by atoms with E-state index in [1.54, 1.807) is 97.9 Å². The molecule has 0 fully saturated rings. The molecule has 39 heavy (non-hydrogen) atoms. The summed E-state index contributed by atoms with van der Waals surface area (Å²) in [6, 6.07) is 30.8. The summed E-state index contributed by atoms with van der Waals surface area (Å²) < 4.78 is 27.8. The molecule has 2 amide bonds. The van der Waals surface area contributed by atoms with Gasteiger partial charge in [0.25, 0.3) is 21.8 Å². The fraction of sp³-hybridized carbons (Fsp3) is 0.100. The number of nitrogens with zero attached hydrogens (tertiary/aromatic N) is 2. The number of hydrogen-bond donors (Lipinski definition) is 2. The first kappa shape index (κ1) is 27.3. The zero-order valence-electron chi connectivity index (χ0n) is 21.5. The van der Waals surface area contributed by atoms with Crippen LogP contribution in [0.3, 0.4) is 0 Å². The third kappa shape index (κ3) is 6.97. The summed E-state index contributed by atoms with van der Waals surface area (Å²) in [6.45, 7) is 3.16. The van der Waals surface area contributed by atoms with Gasteiger partial charge in [-0.15, -0.1) is 0 Å². The second-order valence-electron chi connectivity index (χ2n) is 8.79. The van der Waals surface area contributed by atoms with E-state index >= 15 is 0 Å². The van der Waals surface area contributed by atoms with E-state index in [0.29, 0.717) is 22.6 Å². The third-order valence-corrected chi connectivity index (χ3v) is 7.67. The Balaban J connectivity index is 1.45. The molecule has 2 N–H and O–H groups in total.